The number of rotatable bonds is 1. The van der Waals surface area contributed by atoms with Crippen molar-refractivity contribution in [2.75, 3.05) is 0 Å². The van der Waals surface area contributed by atoms with Gasteiger partial charge in [-0.15, -0.1) is 0 Å². The van der Waals surface area contributed by atoms with Crippen LogP contribution in [0.3, 0.4) is 0 Å². The van der Waals surface area contributed by atoms with E-state index in [1.807, 2.05) is 66.7 Å². The van der Waals surface area contributed by atoms with Gasteiger partial charge in [-0.2, -0.15) is 0 Å². The van der Waals surface area contributed by atoms with Crippen LogP contribution in [0.1, 0.15) is 22.6 Å². The van der Waals surface area contributed by atoms with Crippen molar-refractivity contribution in [3.05, 3.63) is 132 Å². The molecule has 0 N–H and O–H groups in total. The molecule has 4 rings (SSSR count). The molecule has 0 unspecified atom stereocenters. The fourth-order valence-electron chi connectivity index (χ4n) is 3.12. The SMILES string of the molecule is C(#CC1(C#Cc2ccccc2)C=CC(c2ccccc2)C=C1)c1ccccc1. The summed E-state index contributed by atoms with van der Waals surface area (Å²) >= 11 is 0. The molecule has 0 aromatic heterocycles. The van der Waals surface area contributed by atoms with Crippen LogP contribution in [-0.4, -0.2) is 0 Å². The third kappa shape index (κ3) is 4.32. The zero-order chi connectivity index (χ0) is 19.1. The van der Waals surface area contributed by atoms with Crippen molar-refractivity contribution >= 4 is 0 Å². The summed E-state index contributed by atoms with van der Waals surface area (Å²) in [5.74, 6) is 13.6. The Hall–Kier alpha value is -3.74. The van der Waals surface area contributed by atoms with E-state index in [1.165, 1.54) is 5.56 Å². The van der Waals surface area contributed by atoms with Gasteiger partial charge in [0.25, 0.3) is 0 Å². The maximum atomic E-state index is 3.40. The predicted molar refractivity (Wildman–Crippen MR) is 117 cm³/mol. The van der Waals surface area contributed by atoms with Crippen molar-refractivity contribution in [3.8, 4) is 23.7 Å². The highest BCUT2D eigenvalue weighted by Crippen LogP contribution is 2.31. The second kappa shape index (κ2) is 8.30. The lowest BCUT2D eigenvalue weighted by molar-refractivity contribution is 0.842. The van der Waals surface area contributed by atoms with Crippen LogP contribution in [0, 0.1) is 29.1 Å². The van der Waals surface area contributed by atoms with Gasteiger partial charge >= 0.3 is 0 Å². The van der Waals surface area contributed by atoms with Crippen molar-refractivity contribution in [1.82, 2.24) is 0 Å². The lowest BCUT2D eigenvalue weighted by Crippen LogP contribution is -2.14. The first-order chi connectivity index (χ1) is 13.8. The molecule has 132 valence electrons. The Bertz CT molecular complexity index is 1020. The van der Waals surface area contributed by atoms with Gasteiger partial charge in [0.05, 0.1) is 0 Å². The highest BCUT2D eigenvalue weighted by molar-refractivity contribution is 5.51. The first-order valence-electron chi connectivity index (χ1n) is 9.43. The zero-order valence-corrected chi connectivity index (χ0v) is 15.5. The van der Waals surface area contributed by atoms with Gasteiger partial charge in [-0.1, -0.05) is 115 Å². The van der Waals surface area contributed by atoms with Crippen LogP contribution >= 0.6 is 0 Å². The van der Waals surface area contributed by atoms with E-state index in [-0.39, 0.29) is 5.92 Å². The van der Waals surface area contributed by atoms with Crippen LogP contribution in [0.5, 0.6) is 0 Å². The summed E-state index contributed by atoms with van der Waals surface area (Å²) in [5.41, 5.74) is 2.68. The number of allylic oxidation sites excluding steroid dienone is 4. The Balaban J connectivity index is 1.69. The largest absolute Gasteiger partial charge is 0.129 e. The zero-order valence-electron chi connectivity index (χ0n) is 15.5. The van der Waals surface area contributed by atoms with Crippen molar-refractivity contribution in [2.45, 2.75) is 5.92 Å². The van der Waals surface area contributed by atoms with Crippen LogP contribution in [0.25, 0.3) is 0 Å². The molecule has 0 heterocycles. The van der Waals surface area contributed by atoms with Crippen molar-refractivity contribution in [2.24, 2.45) is 5.41 Å². The minimum absolute atomic E-state index is 0.256. The fourth-order valence-corrected chi connectivity index (χ4v) is 3.12. The van der Waals surface area contributed by atoms with Gasteiger partial charge < -0.3 is 0 Å². The molecular weight excluding hydrogens is 336 g/mol. The molecule has 28 heavy (non-hydrogen) atoms. The molecule has 1 aliphatic rings. The molecule has 0 bridgehead atoms. The summed E-state index contributed by atoms with van der Waals surface area (Å²) in [6.45, 7) is 0. The number of hydrogen-bond acceptors (Lipinski definition) is 0. The average Bonchev–Trinajstić information content (AvgIpc) is 2.79. The average molecular weight is 356 g/mol. The third-order valence-corrected chi connectivity index (χ3v) is 4.69. The molecule has 0 nitrogen and oxygen atoms in total. The Morgan fingerprint density at radius 3 is 1.43 bits per heavy atom. The van der Waals surface area contributed by atoms with Gasteiger partial charge in [0.15, 0.2) is 0 Å². The number of benzene rings is 3. The number of hydrogen-bond donors (Lipinski definition) is 0. The normalized spacial score (nSPS) is 14.4. The highest BCUT2D eigenvalue weighted by Gasteiger charge is 2.23. The van der Waals surface area contributed by atoms with Gasteiger partial charge in [-0.25, -0.2) is 0 Å². The molecule has 3 aromatic rings. The molecule has 0 radical (unpaired) electrons. The maximum absolute atomic E-state index is 3.40. The Morgan fingerprint density at radius 2 is 0.964 bits per heavy atom. The molecule has 0 spiro atoms. The van der Waals surface area contributed by atoms with E-state index in [4.69, 9.17) is 0 Å². The lowest BCUT2D eigenvalue weighted by atomic mass is 9.80. The van der Waals surface area contributed by atoms with Crippen molar-refractivity contribution < 1.29 is 0 Å². The summed E-state index contributed by atoms with van der Waals surface area (Å²) in [4.78, 5) is 0. The molecule has 1 aliphatic carbocycles. The Kier molecular flexibility index (Phi) is 5.24. The first-order valence-corrected chi connectivity index (χ1v) is 9.43. The van der Waals surface area contributed by atoms with E-state index in [0.29, 0.717) is 0 Å². The molecule has 0 aliphatic heterocycles. The molecule has 0 fully saturated rings. The van der Waals surface area contributed by atoms with E-state index in [9.17, 15) is 0 Å². The minimum atomic E-state index is -0.586. The minimum Gasteiger partial charge on any atom is -0.0745 e. The second-order valence-corrected chi connectivity index (χ2v) is 6.76. The van der Waals surface area contributed by atoms with Crippen LogP contribution in [0.15, 0.2) is 115 Å². The summed E-state index contributed by atoms with van der Waals surface area (Å²) in [6, 6.07) is 30.6. The van der Waals surface area contributed by atoms with Crippen LogP contribution in [-0.2, 0) is 0 Å². The third-order valence-electron chi connectivity index (χ3n) is 4.69. The summed E-state index contributed by atoms with van der Waals surface area (Å²) in [5, 5.41) is 0. The first kappa shape index (κ1) is 17.7. The lowest BCUT2D eigenvalue weighted by Gasteiger charge is -2.21. The van der Waals surface area contributed by atoms with Crippen LogP contribution in [0.2, 0.25) is 0 Å². The second-order valence-electron chi connectivity index (χ2n) is 6.76. The van der Waals surface area contributed by atoms with Crippen molar-refractivity contribution in [3.63, 3.8) is 0 Å². The molecule has 3 aromatic carbocycles. The molecular formula is C28H20. The Labute approximate surface area is 167 Å². The van der Waals surface area contributed by atoms with Gasteiger partial charge in [-0.05, 0) is 29.8 Å². The van der Waals surface area contributed by atoms with E-state index in [0.717, 1.165) is 11.1 Å². The van der Waals surface area contributed by atoms with Gasteiger partial charge in [0.1, 0.15) is 5.41 Å². The topological polar surface area (TPSA) is 0 Å². The smallest absolute Gasteiger partial charge is 0.0745 e. The predicted octanol–water partition coefficient (Wildman–Crippen LogP) is 5.99. The van der Waals surface area contributed by atoms with E-state index in [1.54, 1.807) is 0 Å². The van der Waals surface area contributed by atoms with E-state index in [2.05, 4.69) is 72.3 Å². The van der Waals surface area contributed by atoms with Gasteiger partial charge in [0.2, 0.25) is 0 Å². The quantitative estimate of drug-likeness (QED) is 0.371. The molecule has 0 atom stereocenters. The fraction of sp³-hybridized carbons (Fsp3) is 0.0714. The molecule has 0 amide bonds. The Morgan fingerprint density at radius 1 is 0.536 bits per heavy atom. The van der Waals surface area contributed by atoms with Gasteiger partial charge in [-0.3, -0.25) is 0 Å². The molecule has 0 saturated carbocycles. The van der Waals surface area contributed by atoms with Gasteiger partial charge in [0, 0.05) is 17.0 Å². The summed E-state index contributed by atoms with van der Waals surface area (Å²) < 4.78 is 0. The molecule has 0 heteroatoms. The standard InChI is InChI=1S/C28H20/c1-4-10-24(11-5-1)16-20-28(21-17-25-12-6-2-7-13-25)22-18-27(19-23-28)26-14-8-3-9-15-26/h1-15,18-19,22-23,27H. The van der Waals surface area contributed by atoms with Crippen molar-refractivity contribution in [1.29, 1.82) is 0 Å². The highest BCUT2D eigenvalue weighted by atomic mass is 14.2. The summed E-state index contributed by atoms with van der Waals surface area (Å²) in [6.07, 6.45) is 8.68. The van der Waals surface area contributed by atoms with Crippen LogP contribution in [0.4, 0.5) is 0 Å². The maximum Gasteiger partial charge on any atom is 0.129 e. The van der Waals surface area contributed by atoms with E-state index >= 15 is 0 Å². The van der Waals surface area contributed by atoms with E-state index < -0.39 is 5.41 Å². The monoisotopic (exact) mass is 356 g/mol. The van der Waals surface area contributed by atoms with Crippen LogP contribution < -0.4 is 0 Å². The molecule has 0 saturated heterocycles. The summed E-state index contributed by atoms with van der Waals surface area (Å²) in [7, 11) is 0.